The third-order valence-electron chi connectivity index (χ3n) is 3.33. The van der Waals surface area contributed by atoms with Crippen LogP contribution in [-0.4, -0.2) is 33.8 Å². The van der Waals surface area contributed by atoms with E-state index >= 15 is 0 Å². The largest absolute Gasteiger partial charge is 0.389 e. The Morgan fingerprint density at radius 2 is 1.82 bits per heavy atom. The minimum Gasteiger partial charge on any atom is -0.389 e. The molecule has 0 aromatic rings. The van der Waals surface area contributed by atoms with Gasteiger partial charge in [0.05, 0.1) is 5.60 Å². The van der Waals surface area contributed by atoms with Crippen LogP contribution in [0, 0.1) is 0 Å². The van der Waals surface area contributed by atoms with Gasteiger partial charge in [-0.1, -0.05) is 40.0 Å². The van der Waals surface area contributed by atoms with Gasteiger partial charge in [-0.2, -0.15) is 11.8 Å². The molecule has 2 nitrogen and oxygen atoms in total. The molecule has 0 aromatic carbocycles. The van der Waals surface area contributed by atoms with Crippen LogP contribution < -0.4 is 5.32 Å². The standard InChI is InChI=1S/C14H29NOS/c1-12(10-17-13(2,3)4)15-11-14(16)8-6-5-7-9-14/h12,15-16H,5-11H2,1-4H3. The van der Waals surface area contributed by atoms with Crippen molar-refractivity contribution in [3.63, 3.8) is 0 Å². The quantitative estimate of drug-likeness (QED) is 0.795. The second-order valence-corrected chi connectivity index (χ2v) is 8.34. The average Bonchev–Trinajstić information content (AvgIpc) is 2.24. The van der Waals surface area contributed by atoms with E-state index < -0.39 is 5.60 Å². The lowest BCUT2D eigenvalue weighted by Crippen LogP contribution is -2.45. The van der Waals surface area contributed by atoms with Crippen molar-refractivity contribution in [2.45, 2.75) is 76.2 Å². The molecule has 17 heavy (non-hydrogen) atoms. The number of hydrogen-bond acceptors (Lipinski definition) is 3. The summed E-state index contributed by atoms with van der Waals surface area (Å²) in [5.74, 6) is 1.11. The maximum atomic E-state index is 10.4. The van der Waals surface area contributed by atoms with Gasteiger partial charge in [0.1, 0.15) is 0 Å². The SMILES string of the molecule is CC(CSC(C)(C)C)NCC1(O)CCCCC1. The molecule has 0 aromatic heterocycles. The van der Waals surface area contributed by atoms with Gasteiger partial charge in [0.25, 0.3) is 0 Å². The van der Waals surface area contributed by atoms with E-state index in [9.17, 15) is 5.11 Å². The fraction of sp³-hybridized carbons (Fsp3) is 1.00. The predicted octanol–water partition coefficient (Wildman–Crippen LogP) is 3.19. The summed E-state index contributed by atoms with van der Waals surface area (Å²) in [6.45, 7) is 9.72. The van der Waals surface area contributed by atoms with Crippen LogP contribution in [0.1, 0.15) is 59.8 Å². The molecule has 1 atom stereocenters. The maximum Gasteiger partial charge on any atom is 0.0771 e. The van der Waals surface area contributed by atoms with Crippen molar-refractivity contribution in [1.29, 1.82) is 0 Å². The van der Waals surface area contributed by atoms with E-state index in [1.165, 1.54) is 19.3 Å². The van der Waals surface area contributed by atoms with Gasteiger partial charge in [-0.15, -0.1) is 0 Å². The smallest absolute Gasteiger partial charge is 0.0771 e. The Hall–Kier alpha value is 0.270. The molecule has 0 bridgehead atoms. The first kappa shape index (κ1) is 15.3. The third-order valence-corrected chi connectivity index (χ3v) is 4.86. The van der Waals surface area contributed by atoms with Crippen molar-refractivity contribution in [3.8, 4) is 0 Å². The Morgan fingerprint density at radius 1 is 1.24 bits per heavy atom. The first-order valence-corrected chi connectivity index (χ1v) is 7.89. The molecule has 0 heterocycles. The predicted molar refractivity (Wildman–Crippen MR) is 77.7 cm³/mol. The minimum atomic E-state index is -0.432. The highest BCUT2D eigenvalue weighted by Gasteiger charge is 2.29. The summed E-state index contributed by atoms with van der Waals surface area (Å²) in [5, 5.41) is 13.9. The molecule has 0 saturated heterocycles. The number of rotatable bonds is 5. The highest BCUT2D eigenvalue weighted by molar-refractivity contribution is 8.00. The lowest BCUT2D eigenvalue weighted by Gasteiger charge is -2.33. The van der Waals surface area contributed by atoms with E-state index in [4.69, 9.17) is 0 Å². The Labute approximate surface area is 111 Å². The molecule has 1 rings (SSSR count). The highest BCUT2D eigenvalue weighted by Crippen LogP contribution is 2.28. The zero-order valence-electron chi connectivity index (χ0n) is 11.9. The van der Waals surface area contributed by atoms with Gasteiger partial charge < -0.3 is 10.4 Å². The molecule has 0 spiro atoms. The fourth-order valence-corrected chi connectivity index (χ4v) is 3.05. The van der Waals surface area contributed by atoms with Crippen LogP contribution in [0.15, 0.2) is 0 Å². The van der Waals surface area contributed by atoms with Crippen LogP contribution in [-0.2, 0) is 0 Å². The lowest BCUT2D eigenvalue weighted by atomic mass is 9.85. The van der Waals surface area contributed by atoms with Crippen molar-refractivity contribution in [3.05, 3.63) is 0 Å². The molecular formula is C14H29NOS. The summed E-state index contributed by atoms with van der Waals surface area (Å²) >= 11 is 1.98. The van der Waals surface area contributed by atoms with E-state index in [1.807, 2.05) is 11.8 Å². The Balaban J connectivity index is 2.20. The zero-order valence-corrected chi connectivity index (χ0v) is 12.7. The first-order chi connectivity index (χ1) is 7.81. The number of hydrogen-bond donors (Lipinski definition) is 2. The van der Waals surface area contributed by atoms with Crippen LogP contribution in [0.3, 0.4) is 0 Å². The molecule has 1 unspecified atom stereocenters. The molecule has 0 amide bonds. The molecule has 0 radical (unpaired) electrons. The normalized spacial score (nSPS) is 22.4. The van der Waals surface area contributed by atoms with Gasteiger partial charge in [-0.05, 0) is 19.8 Å². The van der Waals surface area contributed by atoms with Gasteiger partial charge in [0.2, 0.25) is 0 Å². The maximum absolute atomic E-state index is 10.4. The van der Waals surface area contributed by atoms with E-state index in [1.54, 1.807) is 0 Å². The summed E-state index contributed by atoms with van der Waals surface area (Å²) in [5.41, 5.74) is -0.432. The molecule has 2 N–H and O–H groups in total. The molecule has 1 aliphatic rings. The summed E-state index contributed by atoms with van der Waals surface area (Å²) in [6, 6.07) is 0.477. The van der Waals surface area contributed by atoms with Gasteiger partial charge in [-0.25, -0.2) is 0 Å². The highest BCUT2D eigenvalue weighted by atomic mass is 32.2. The zero-order chi connectivity index (χ0) is 12.9. The fourth-order valence-electron chi connectivity index (χ4n) is 2.18. The van der Waals surface area contributed by atoms with Crippen molar-refractivity contribution in [1.82, 2.24) is 5.32 Å². The monoisotopic (exact) mass is 259 g/mol. The van der Waals surface area contributed by atoms with Crippen molar-refractivity contribution in [2.75, 3.05) is 12.3 Å². The van der Waals surface area contributed by atoms with Crippen molar-refractivity contribution >= 4 is 11.8 Å². The van der Waals surface area contributed by atoms with Crippen molar-refractivity contribution < 1.29 is 5.11 Å². The summed E-state index contributed by atoms with van der Waals surface area (Å²) in [7, 11) is 0. The topological polar surface area (TPSA) is 32.3 Å². The molecule has 102 valence electrons. The molecule has 0 aliphatic heterocycles. The van der Waals surface area contributed by atoms with Crippen LogP contribution in [0.2, 0.25) is 0 Å². The molecule has 3 heteroatoms. The van der Waals surface area contributed by atoms with Gasteiger partial charge in [-0.3, -0.25) is 0 Å². The summed E-state index contributed by atoms with van der Waals surface area (Å²) in [6.07, 6.45) is 5.60. The number of nitrogens with one attached hydrogen (secondary N) is 1. The minimum absolute atomic E-state index is 0.331. The Morgan fingerprint density at radius 3 is 2.35 bits per heavy atom. The van der Waals surface area contributed by atoms with E-state index in [0.29, 0.717) is 10.8 Å². The molecule has 1 saturated carbocycles. The van der Waals surface area contributed by atoms with Gasteiger partial charge >= 0.3 is 0 Å². The molecule has 1 fully saturated rings. The summed E-state index contributed by atoms with van der Waals surface area (Å²) in [4.78, 5) is 0. The lowest BCUT2D eigenvalue weighted by molar-refractivity contribution is 0.00355. The Bertz CT molecular complexity index is 219. The van der Waals surface area contributed by atoms with Crippen LogP contribution in [0.4, 0.5) is 0 Å². The summed E-state index contributed by atoms with van der Waals surface area (Å²) < 4.78 is 0.331. The van der Waals surface area contributed by atoms with Crippen LogP contribution >= 0.6 is 11.8 Å². The van der Waals surface area contributed by atoms with Gasteiger partial charge in [0.15, 0.2) is 0 Å². The van der Waals surface area contributed by atoms with Crippen LogP contribution in [0.25, 0.3) is 0 Å². The van der Waals surface area contributed by atoms with E-state index in [0.717, 1.165) is 25.1 Å². The van der Waals surface area contributed by atoms with Crippen molar-refractivity contribution in [2.24, 2.45) is 0 Å². The second kappa shape index (κ2) is 6.44. The Kier molecular flexibility index (Phi) is 5.81. The number of aliphatic hydroxyl groups is 1. The van der Waals surface area contributed by atoms with Crippen LogP contribution in [0.5, 0.6) is 0 Å². The third kappa shape index (κ3) is 6.68. The van der Waals surface area contributed by atoms with Gasteiger partial charge in [0, 0.05) is 23.1 Å². The second-order valence-electron chi connectivity index (χ2n) is 6.49. The molecular weight excluding hydrogens is 230 g/mol. The van der Waals surface area contributed by atoms with E-state index in [2.05, 4.69) is 33.0 Å². The number of thioether (sulfide) groups is 1. The average molecular weight is 259 g/mol. The molecule has 1 aliphatic carbocycles. The first-order valence-electron chi connectivity index (χ1n) is 6.90. The van der Waals surface area contributed by atoms with E-state index in [-0.39, 0.29) is 0 Å².